The molecule has 0 spiro atoms. The van der Waals surface area contributed by atoms with Gasteiger partial charge in [0, 0.05) is 17.8 Å². The van der Waals surface area contributed by atoms with E-state index in [0.717, 1.165) is 0 Å². The Morgan fingerprint density at radius 3 is 2.24 bits per heavy atom. The van der Waals surface area contributed by atoms with Gasteiger partial charge in [0.25, 0.3) is 0 Å². The maximum Gasteiger partial charge on any atom is 0.0346 e. The highest BCUT2D eigenvalue weighted by atomic mass is 14.6. The Morgan fingerprint density at radius 1 is 0.762 bits per heavy atom. The Labute approximate surface area is 129 Å². The molecule has 2 rings (SSSR count). The number of fused-ring (bicyclic) bond motifs is 1. The van der Waals surface area contributed by atoms with Crippen molar-refractivity contribution in [2.45, 2.75) is 71.1 Å². The number of aromatic nitrogens is 1. The van der Waals surface area contributed by atoms with Crippen molar-refractivity contribution in [3.8, 4) is 0 Å². The van der Waals surface area contributed by atoms with E-state index in [1.54, 1.807) is 0 Å². The maximum absolute atomic E-state index is 4.17. The standard InChI is InChI=1S/C20H29N/c1-2-3-4-5-6-7-8-9-10-11-18-12-13-20-17-21-15-14-19(20)16-18/h12-17H,2-11H2,1H3. The monoisotopic (exact) mass is 283 g/mol. The molecule has 0 aliphatic rings. The molecular formula is C20H29N. The van der Waals surface area contributed by atoms with Gasteiger partial charge in [-0.3, -0.25) is 4.98 Å². The topological polar surface area (TPSA) is 12.9 Å². The minimum atomic E-state index is 1.22. The molecule has 0 aliphatic carbocycles. The van der Waals surface area contributed by atoms with E-state index in [1.807, 2.05) is 12.4 Å². The van der Waals surface area contributed by atoms with E-state index >= 15 is 0 Å². The zero-order chi connectivity index (χ0) is 14.8. The summed E-state index contributed by atoms with van der Waals surface area (Å²) in [4.78, 5) is 4.17. The zero-order valence-corrected chi connectivity index (χ0v) is 13.5. The molecule has 0 unspecified atom stereocenters. The summed E-state index contributed by atoms with van der Waals surface area (Å²) in [6, 6.07) is 8.89. The summed E-state index contributed by atoms with van der Waals surface area (Å²) in [5.74, 6) is 0. The fourth-order valence-electron chi connectivity index (χ4n) is 2.93. The molecular weight excluding hydrogens is 254 g/mol. The molecule has 0 amide bonds. The van der Waals surface area contributed by atoms with Crippen molar-refractivity contribution in [1.82, 2.24) is 4.98 Å². The lowest BCUT2D eigenvalue weighted by atomic mass is 10.0. The van der Waals surface area contributed by atoms with Crippen molar-refractivity contribution in [1.29, 1.82) is 0 Å². The van der Waals surface area contributed by atoms with E-state index < -0.39 is 0 Å². The van der Waals surface area contributed by atoms with Crippen molar-refractivity contribution in [2.24, 2.45) is 0 Å². The highest BCUT2D eigenvalue weighted by Gasteiger charge is 1.97. The summed E-state index contributed by atoms with van der Waals surface area (Å²) >= 11 is 0. The number of rotatable bonds is 10. The van der Waals surface area contributed by atoms with Crippen LogP contribution in [0.25, 0.3) is 10.8 Å². The molecule has 1 aromatic carbocycles. The Morgan fingerprint density at radius 2 is 1.48 bits per heavy atom. The smallest absolute Gasteiger partial charge is 0.0346 e. The Bertz CT molecular complexity index is 518. The number of hydrogen-bond acceptors (Lipinski definition) is 1. The maximum atomic E-state index is 4.17. The van der Waals surface area contributed by atoms with Gasteiger partial charge in [0.15, 0.2) is 0 Å². The van der Waals surface area contributed by atoms with Crippen molar-refractivity contribution >= 4 is 10.8 Å². The quantitative estimate of drug-likeness (QED) is 0.466. The lowest BCUT2D eigenvalue weighted by Crippen LogP contribution is -1.87. The molecule has 1 nitrogen and oxygen atoms in total. The van der Waals surface area contributed by atoms with Gasteiger partial charge in [-0.25, -0.2) is 0 Å². The summed E-state index contributed by atoms with van der Waals surface area (Å²) in [5.41, 5.74) is 1.47. The lowest BCUT2D eigenvalue weighted by molar-refractivity contribution is 0.565. The molecule has 0 saturated heterocycles. The second-order valence-electron chi connectivity index (χ2n) is 6.14. The third-order valence-corrected chi connectivity index (χ3v) is 4.27. The van der Waals surface area contributed by atoms with Gasteiger partial charge < -0.3 is 0 Å². The van der Waals surface area contributed by atoms with Crippen LogP contribution in [0.1, 0.15) is 70.3 Å². The zero-order valence-electron chi connectivity index (χ0n) is 13.5. The molecule has 114 valence electrons. The first-order chi connectivity index (χ1) is 10.4. The number of nitrogens with zero attached hydrogens (tertiary/aromatic N) is 1. The molecule has 1 heteroatoms. The molecule has 0 N–H and O–H groups in total. The van der Waals surface area contributed by atoms with Gasteiger partial charge in [-0.2, -0.15) is 0 Å². The fraction of sp³-hybridized carbons (Fsp3) is 0.550. The minimum Gasteiger partial charge on any atom is -0.264 e. The molecule has 2 aromatic rings. The van der Waals surface area contributed by atoms with Crippen LogP contribution in [-0.4, -0.2) is 4.98 Å². The van der Waals surface area contributed by atoms with Gasteiger partial charge in [-0.1, -0.05) is 76.5 Å². The summed E-state index contributed by atoms with van der Waals surface area (Å²) < 4.78 is 0. The number of hydrogen-bond donors (Lipinski definition) is 0. The van der Waals surface area contributed by atoms with Crippen LogP contribution >= 0.6 is 0 Å². The van der Waals surface area contributed by atoms with E-state index in [0.29, 0.717) is 0 Å². The van der Waals surface area contributed by atoms with Crippen molar-refractivity contribution in [3.63, 3.8) is 0 Å². The predicted molar refractivity (Wildman–Crippen MR) is 92.7 cm³/mol. The van der Waals surface area contributed by atoms with Crippen molar-refractivity contribution in [3.05, 3.63) is 42.2 Å². The Balaban J connectivity index is 1.59. The van der Waals surface area contributed by atoms with Crippen LogP contribution in [0.5, 0.6) is 0 Å². The second-order valence-corrected chi connectivity index (χ2v) is 6.14. The summed E-state index contributed by atoms with van der Waals surface area (Å²) in [6.07, 6.45) is 17.6. The normalized spacial score (nSPS) is 11.1. The van der Waals surface area contributed by atoms with Gasteiger partial charge in [0.1, 0.15) is 0 Å². The minimum absolute atomic E-state index is 1.22. The van der Waals surface area contributed by atoms with Crippen LogP contribution in [0.3, 0.4) is 0 Å². The van der Waals surface area contributed by atoms with Crippen LogP contribution in [0.4, 0.5) is 0 Å². The van der Waals surface area contributed by atoms with Gasteiger partial charge in [0.05, 0.1) is 0 Å². The predicted octanol–water partition coefficient (Wildman–Crippen LogP) is 6.31. The van der Waals surface area contributed by atoms with Crippen LogP contribution in [-0.2, 0) is 6.42 Å². The third kappa shape index (κ3) is 5.87. The lowest BCUT2D eigenvalue weighted by Gasteiger charge is -2.04. The van der Waals surface area contributed by atoms with E-state index in [-0.39, 0.29) is 0 Å². The van der Waals surface area contributed by atoms with Gasteiger partial charge >= 0.3 is 0 Å². The summed E-state index contributed by atoms with van der Waals surface area (Å²) in [5, 5.41) is 2.56. The summed E-state index contributed by atoms with van der Waals surface area (Å²) in [7, 11) is 0. The largest absolute Gasteiger partial charge is 0.264 e. The molecule has 1 aromatic heterocycles. The van der Waals surface area contributed by atoms with Crippen LogP contribution in [0, 0.1) is 0 Å². The third-order valence-electron chi connectivity index (χ3n) is 4.27. The second kappa shape index (κ2) is 9.55. The van der Waals surface area contributed by atoms with E-state index in [9.17, 15) is 0 Å². The fourth-order valence-corrected chi connectivity index (χ4v) is 2.93. The average Bonchev–Trinajstić information content (AvgIpc) is 2.53. The Hall–Kier alpha value is -1.37. The molecule has 0 saturated carbocycles. The molecule has 0 radical (unpaired) electrons. The summed E-state index contributed by atoms with van der Waals surface area (Å²) in [6.45, 7) is 2.28. The Kier molecular flexibility index (Phi) is 7.28. The number of unbranched alkanes of at least 4 members (excludes halogenated alkanes) is 8. The van der Waals surface area contributed by atoms with E-state index in [4.69, 9.17) is 0 Å². The van der Waals surface area contributed by atoms with Crippen molar-refractivity contribution < 1.29 is 0 Å². The van der Waals surface area contributed by atoms with E-state index in [2.05, 4.69) is 36.2 Å². The van der Waals surface area contributed by atoms with Gasteiger partial charge in [-0.05, 0) is 29.9 Å². The first-order valence-corrected chi connectivity index (χ1v) is 8.73. The molecule has 21 heavy (non-hydrogen) atoms. The van der Waals surface area contributed by atoms with Crippen LogP contribution in [0.15, 0.2) is 36.7 Å². The molecule has 0 fully saturated rings. The molecule has 0 aliphatic heterocycles. The number of benzene rings is 1. The molecule has 1 heterocycles. The van der Waals surface area contributed by atoms with Crippen LogP contribution < -0.4 is 0 Å². The highest BCUT2D eigenvalue weighted by Crippen LogP contribution is 2.17. The van der Waals surface area contributed by atoms with Crippen molar-refractivity contribution in [2.75, 3.05) is 0 Å². The molecule has 0 bridgehead atoms. The average molecular weight is 283 g/mol. The van der Waals surface area contributed by atoms with E-state index in [1.165, 1.54) is 80.5 Å². The highest BCUT2D eigenvalue weighted by molar-refractivity contribution is 5.81. The first kappa shape index (κ1) is 16.0. The van der Waals surface area contributed by atoms with Gasteiger partial charge in [-0.15, -0.1) is 0 Å². The number of aryl methyl sites for hydroxylation is 1. The van der Waals surface area contributed by atoms with Gasteiger partial charge in [0.2, 0.25) is 0 Å². The first-order valence-electron chi connectivity index (χ1n) is 8.73. The SMILES string of the molecule is CCCCCCCCCCCc1ccc2cnccc2c1. The van der Waals surface area contributed by atoms with Crippen LogP contribution in [0.2, 0.25) is 0 Å². The molecule has 0 atom stereocenters. The number of pyridine rings is 1.